The zero-order valence-corrected chi connectivity index (χ0v) is 22.5. The minimum Gasteiger partial charge on any atom is -0.494 e. The summed E-state index contributed by atoms with van der Waals surface area (Å²) in [6.07, 6.45) is 1.06. The fraction of sp³-hybridized carbons (Fsp3) is 0.185. The van der Waals surface area contributed by atoms with Crippen molar-refractivity contribution in [3.8, 4) is 5.75 Å². The van der Waals surface area contributed by atoms with E-state index in [2.05, 4.69) is 5.32 Å². The smallest absolute Gasteiger partial charge is 0.348 e. The highest BCUT2D eigenvalue weighted by Gasteiger charge is 2.21. The summed E-state index contributed by atoms with van der Waals surface area (Å²) in [5.41, 5.74) is 1.56. The Balaban J connectivity index is 1.63. The molecule has 4 rings (SSSR count). The number of sulfonamides is 1. The standard InChI is InChI=1S/C27H25FN2O6S2/c1-4-36-23-11-5-17(13-19(23)16-30(38(3,33)34)22-9-6-20(28)7-10-22)26(31)29-21-8-12-24-18(14-21)15-25(37-24)27(32)35-2/h5-15H,4,16H2,1-3H3,(H,29,31). The van der Waals surface area contributed by atoms with Gasteiger partial charge in [-0.2, -0.15) is 0 Å². The van der Waals surface area contributed by atoms with E-state index in [0.29, 0.717) is 28.5 Å². The highest BCUT2D eigenvalue weighted by Crippen LogP contribution is 2.30. The first-order valence-electron chi connectivity index (χ1n) is 11.5. The minimum atomic E-state index is -3.75. The third-order valence-electron chi connectivity index (χ3n) is 5.61. The summed E-state index contributed by atoms with van der Waals surface area (Å²) in [6, 6.07) is 16.9. The molecule has 0 bridgehead atoms. The number of nitrogens with zero attached hydrogens (tertiary/aromatic N) is 1. The van der Waals surface area contributed by atoms with Crippen molar-refractivity contribution in [2.45, 2.75) is 13.5 Å². The van der Waals surface area contributed by atoms with Crippen LogP contribution in [-0.2, 0) is 21.3 Å². The molecule has 1 amide bonds. The van der Waals surface area contributed by atoms with E-state index >= 15 is 0 Å². The monoisotopic (exact) mass is 556 g/mol. The molecular weight excluding hydrogens is 531 g/mol. The minimum absolute atomic E-state index is 0.127. The Labute approximate surface area is 223 Å². The van der Waals surface area contributed by atoms with Crippen LogP contribution >= 0.6 is 11.3 Å². The van der Waals surface area contributed by atoms with Crippen LogP contribution < -0.4 is 14.4 Å². The number of benzene rings is 3. The molecular formula is C27H25FN2O6S2. The first-order valence-corrected chi connectivity index (χ1v) is 14.2. The number of thiophene rings is 1. The van der Waals surface area contributed by atoms with Gasteiger partial charge in [0.25, 0.3) is 5.91 Å². The summed E-state index contributed by atoms with van der Waals surface area (Å²) in [6.45, 7) is 2.01. The van der Waals surface area contributed by atoms with E-state index in [-0.39, 0.29) is 17.8 Å². The molecule has 38 heavy (non-hydrogen) atoms. The third-order valence-corrected chi connectivity index (χ3v) is 7.85. The number of hydrogen-bond donors (Lipinski definition) is 1. The van der Waals surface area contributed by atoms with Gasteiger partial charge in [0.2, 0.25) is 10.0 Å². The summed E-state index contributed by atoms with van der Waals surface area (Å²) in [7, 11) is -2.43. The number of ether oxygens (including phenoxy) is 2. The number of methoxy groups -OCH3 is 1. The number of amides is 1. The van der Waals surface area contributed by atoms with Crippen LogP contribution in [0.3, 0.4) is 0 Å². The molecule has 0 radical (unpaired) electrons. The van der Waals surface area contributed by atoms with Gasteiger partial charge in [-0.1, -0.05) is 0 Å². The molecule has 3 aromatic carbocycles. The van der Waals surface area contributed by atoms with Crippen LogP contribution in [0.25, 0.3) is 10.1 Å². The predicted molar refractivity (Wildman–Crippen MR) is 146 cm³/mol. The number of rotatable bonds is 9. The number of carbonyl (C=O) groups excluding carboxylic acids is 2. The topological polar surface area (TPSA) is 102 Å². The molecule has 0 aliphatic rings. The molecule has 0 aliphatic heterocycles. The number of fused-ring (bicyclic) bond motifs is 1. The van der Waals surface area contributed by atoms with Crippen molar-refractivity contribution in [1.29, 1.82) is 0 Å². The highest BCUT2D eigenvalue weighted by molar-refractivity contribution is 7.92. The summed E-state index contributed by atoms with van der Waals surface area (Å²) < 4.78 is 51.1. The van der Waals surface area contributed by atoms with Crippen LogP contribution in [0.15, 0.2) is 66.7 Å². The van der Waals surface area contributed by atoms with Crippen molar-refractivity contribution >= 4 is 54.7 Å². The molecule has 0 atom stereocenters. The van der Waals surface area contributed by atoms with E-state index in [1.807, 2.05) is 0 Å². The number of esters is 1. The van der Waals surface area contributed by atoms with E-state index in [0.717, 1.165) is 20.6 Å². The Kier molecular flexibility index (Phi) is 7.98. The first kappa shape index (κ1) is 27.1. The molecule has 1 aromatic heterocycles. The third kappa shape index (κ3) is 6.12. The lowest BCUT2D eigenvalue weighted by Gasteiger charge is -2.24. The highest BCUT2D eigenvalue weighted by atomic mass is 32.2. The van der Waals surface area contributed by atoms with Gasteiger partial charge in [-0.15, -0.1) is 11.3 Å². The van der Waals surface area contributed by atoms with Crippen LogP contribution in [0.2, 0.25) is 0 Å². The average Bonchev–Trinajstić information content (AvgIpc) is 3.31. The molecule has 1 N–H and O–H groups in total. The van der Waals surface area contributed by atoms with Gasteiger partial charge in [-0.05, 0) is 79.0 Å². The second-order valence-electron chi connectivity index (χ2n) is 8.31. The van der Waals surface area contributed by atoms with Crippen LogP contribution in [-0.4, -0.2) is 40.3 Å². The van der Waals surface area contributed by atoms with Crippen molar-refractivity contribution in [2.24, 2.45) is 0 Å². The van der Waals surface area contributed by atoms with Crippen LogP contribution in [0.4, 0.5) is 15.8 Å². The molecule has 0 fully saturated rings. The van der Waals surface area contributed by atoms with Gasteiger partial charge in [0.15, 0.2) is 0 Å². The zero-order chi connectivity index (χ0) is 27.4. The SMILES string of the molecule is CCOc1ccc(C(=O)Nc2ccc3sc(C(=O)OC)cc3c2)cc1CN(c1ccc(F)cc1)S(C)(=O)=O. The molecule has 0 saturated heterocycles. The number of anilines is 2. The van der Waals surface area contributed by atoms with E-state index in [4.69, 9.17) is 9.47 Å². The quantitative estimate of drug-likeness (QED) is 0.275. The number of nitrogens with one attached hydrogen (secondary N) is 1. The summed E-state index contributed by atoms with van der Waals surface area (Å²) >= 11 is 1.29. The average molecular weight is 557 g/mol. The Morgan fingerprint density at radius 1 is 1.03 bits per heavy atom. The predicted octanol–water partition coefficient (Wildman–Crippen LogP) is 5.44. The number of hydrogen-bond acceptors (Lipinski definition) is 7. The lowest BCUT2D eigenvalue weighted by Crippen LogP contribution is -2.29. The zero-order valence-electron chi connectivity index (χ0n) is 20.9. The molecule has 4 aromatic rings. The maximum absolute atomic E-state index is 13.4. The van der Waals surface area contributed by atoms with Gasteiger partial charge in [0.1, 0.15) is 16.4 Å². The number of halogens is 1. The van der Waals surface area contributed by atoms with Crippen molar-refractivity contribution in [3.63, 3.8) is 0 Å². The molecule has 0 spiro atoms. The molecule has 0 unspecified atom stereocenters. The lowest BCUT2D eigenvalue weighted by molar-refractivity contribution is 0.0606. The molecule has 0 aliphatic carbocycles. The largest absolute Gasteiger partial charge is 0.494 e. The van der Waals surface area contributed by atoms with Crippen LogP contribution in [0, 0.1) is 5.82 Å². The van der Waals surface area contributed by atoms with E-state index < -0.39 is 27.7 Å². The van der Waals surface area contributed by atoms with Crippen LogP contribution in [0.5, 0.6) is 5.75 Å². The van der Waals surface area contributed by atoms with Gasteiger partial charge < -0.3 is 14.8 Å². The van der Waals surface area contributed by atoms with E-state index in [9.17, 15) is 22.4 Å². The Morgan fingerprint density at radius 2 is 1.76 bits per heavy atom. The van der Waals surface area contributed by atoms with Crippen molar-refractivity contribution < 1.29 is 31.9 Å². The van der Waals surface area contributed by atoms with Gasteiger partial charge >= 0.3 is 5.97 Å². The molecule has 8 nitrogen and oxygen atoms in total. The second kappa shape index (κ2) is 11.2. The normalized spacial score (nSPS) is 11.3. The molecule has 0 saturated carbocycles. The lowest BCUT2D eigenvalue weighted by atomic mass is 10.1. The first-order chi connectivity index (χ1) is 18.1. The van der Waals surface area contributed by atoms with Gasteiger partial charge in [0, 0.05) is 21.5 Å². The number of carbonyl (C=O) groups is 2. The fourth-order valence-corrected chi connectivity index (χ4v) is 5.67. The van der Waals surface area contributed by atoms with Crippen molar-refractivity contribution in [1.82, 2.24) is 0 Å². The molecule has 198 valence electrons. The van der Waals surface area contributed by atoms with Gasteiger partial charge in [-0.3, -0.25) is 9.10 Å². The fourth-order valence-electron chi connectivity index (χ4n) is 3.83. The Bertz CT molecular complexity index is 1600. The Hall–Kier alpha value is -3.96. The van der Waals surface area contributed by atoms with Crippen molar-refractivity contribution in [2.75, 3.05) is 29.6 Å². The maximum Gasteiger partial charge on any atom is 0.348 e. The van der Waals surface area contributed by atoms with E-state index in [1.54, 1.807) is 49.4 Å². The molecule has 11 heteroatoms. The van der Waals surface area contributed by atoms with Gasteiger partial charge in [0.05, 0.1) is 32.2 Å². The summed E-state index contributed by atoms with van der Waals surface area (Å²) in [5.74, 6) is -0.903. The Morgan fingerprint density at radius 3 is 2.42 bits per heavy atom. The van der Waals surface area contributed by atoms with Gasteiger partial charge in [-0.25, -0.2) is 17.6 Å². The summed E-state index contributed by atoms with van der Waals surface area (Å²) in [4.78, 5) is 25.4. The van der Waals surface area contributed by atoms with Crippen LogP contribution in [0.1, 0.15) is 32.5 Å². The maximum atomic E-state index is 13.4. The second-order valence-corrected chi connectivity index (χ2v) is 11.3. The van der Waals surface area contributed by atoms with Crippen molar-refractivity contribution in [3.05, 3.63) is 88.6 Å². The van der Waals surface area contributed by atoms with E-state index in [1.165, 1.54) is 42.7 Å². The molecule has 1 heterocycles. The summed E-state index contributed by atoms with van der Waals surface area (Å²) in [5, 5.41) is 3.62.